The van der Waals surface area contributed by atoms with Crippen LogP contribution in [-0.4, -0.2) is 22.4 Å². The highest BCUT2D eigenvalue weighted by molar-refractivity contribution is 5.94. The van der Waals surface area contributed by atoms with Gasteiger partial charge in [0, 0.05) is 34.9 Å². The zero-order valence-corrected chi connectivity index (χ0v) is 18.8. The van der Waals surface area contributed by atoms with Crippen molar-refractivity contribution in [2.45, 2.75) is 26.2 Å². The lowest BCUT2D eigenvalue weighted by atomic mass is 10.0. The fraction of sp³-hybridized carbons (Fsp3) is 0.172. The van der Waals surface area contributed by atoms with Crippen LogP contribution in [0.1, 0.15) is 25.3 Å². The Balaban J connectivity index is 1.41. The molecule has 2 heterocycles. The van der Waals surface area contributed by atoms with Gasteiger partial charge in [-0.15, -0.1) is 0 Å². The summed E-state index contributed by atoms with van der Waals surface area (Å²) in [6, 6.07) is 30.6. The lowest BCUT2D eigenvalue weighted by Gasteiger charge is -2.21. The predicted octanol–water partition coefficient (Wildman–Crippen LogP) is 6.76. The van der Waals surface area contributed by atoms with Gasteiger partial charge in [-0.05, 0) is 55.7 Å². The summed E-state index contributed by atoms with van der Waals surface area (Å²) in [5.74, 6) is 0.161. The molecule has 0 radical (unpaired) electrons. The van der Waals surface area contributed by atoms with Crippen molar-refractivity contribution in [1.82, 2.24) is 9.97 Å². The molecule has 0 aliphatic rings. The summed E-state index contributed by atoms with van der Waals surface area (Å²) in [5, 5.41) is 2.33. The van der Waals surface area contributed by atoms with Crippen molar-refractivity contribution in [3.8, 4) is 11.4 Å². The van der Waals surface area contributed by atoms with Crippen LogP contribution in [0.5, 0.6) is 0 Å². The van der Waals surface area contributed by atoms with Gasteiger partial charge in [-0.2, -0.15) is 0 Å². The van der Waals surface area contributed by atoms with Crippen LogP contribution in [0, 0.1) is 0 Å². The van der Waals surface area contributed by atoms with Crippen molar-refractivity contribution < 1.29 is 4.79 Å². The van der Waals surface area contributed by atoms with Gasteiger partial charge in [0.15, 0.2) is 0 Å². The topological polar surface area (TPSA) is 49.0 Å². The van der Waals surface area contributed by atoms with Crippen LogP contribution in [0.2, 0.25) is 0 Å². The Morgan fingerprint density at radius 3 is 2.48 bits per heavy atom. The fourth-order valence-corrected chi connectivity index (χ4v) is 4.55. The first-order chi connectivity index (χ1) is 16.2. The second kappa shape index (κ2) is 9.29. The van der Waals surface area contributed by atoms with Crippen molar-refractivity contribution in [2.75, 3.05) is 11.4 Å². The molecular formula is C29H27N3O. The van der Waals surface area contributed by atoms with E-state index in [1.54, 1.807) is 0 Å². The third kappa shape index (κ3) is 4.24. The van der Waals surface area contributed by atoms with E-state index in [2.05, 4.69) is 41.4 Å². The van der Waals surface area contributed by atoms with Crippen LogP contribution < -0.4 is 4.90 Å². The number of H-pyrrole nitrogens is 1. The maximum atomic E-state index is 13.0. The first-order valence-electron chi connectivity index (χ1n) is 11.6. The van der Waals surface area contributed by atoms with Gasteiger partial charge in [0.1, 0.15) is 0 Å². The molecule has 0 saturated carbocycles. The molecule has 0 spiro atoms. The van der Waals surface area contributed by atoms with Gasteiger partial charge >= 0.3 is 0 Å². The molecule has 0 bridgehead atoms. The zero-order chi connectivity index (χ0) is 22.6. The Morgan fingerprint density at radius 1 is 0.879 bits per heavy atom. The molecule has 5 aromatic rings. The largest absolute Gasteiger partial charge is 0.353 e. The summed E-state index contributed by atoms with van der Waals surface area (Å²) in [4.78, 5) is 23.3. The Hall–Kier alpha value is -3.92. The van der Waals surface area contributed by atoms with Crippen molar-refractivity contribution in [3.05, 3.63) is 96.6 Å². The fourth-order valence-electron chi connectivity index (χ4n) is 4.55. The van der Waals surface area contributed by atoms with Crippen LogP contribution in [0.4, 0.5) is 5.69 Å². The molecule has 5 rings (SSSR count). The maximum Gasteiger partial charge on any atom is 0.226 e. The second-order valence-electron chi connectivity index (χ2n) is 8.24. The number of carbonyl (C=O) groups is 1. The molecule has 0 fully saturated rings. The summed E-state index contributed by atoms with van der Waals surface area (Å²) < 4.78 is 0. The van der Waals surface area contributed by atoms with E-state index in [-0.39, 0.29) is 5.91 Å². The minimum Gasteiger partial charge on any atom is -0.353 e. The van der Waals surface area contributed by atoms with Gasteiger partial charge in [-0.25, -0.2) is 4.98 Å². The molecule has 1 N–H and O–H groups in total. The normalized spacial score (nSPS) is 11.2. The number of carbonyl (C=O) groups excluding carboxylic acids is 1. The van der Waals surface area contributed by atoms with E-state index in [1.807, 2.05) is 66.4 Å². The number of fused-ring (bicyclic) bond motifs is 2. The van der Waals surface area contributed by atoms with Gasteiger partial charge in [-0.1, -0.05) is 60.7 Å². The maximum absolute atomic E-state index is 13.0. The third-order valence-electron chi connectivity index (χ3n) is 6.17. The molecule has 164 valence electrons. The standard InChI is InChI=1S/C29H27N3O/c1-2-32(22-12-4-3-5-13-22)28(33)18-10-15-24-23-14-7-9-17-26(23)31-29(24)27-20-19-21-11-6-8-16-25(21)30-27/h3-9,11-14,16-17,19-20,31H,2,10,15,18H2,1H3. The quantitative estimate of drug-likeness (QED) is 0.308. The number of nitrogens with zero attached hydrogens (tertiary/aromatic N) is 2. The van der Waals surface area contributed by atoms with Gasteiger partial charge < -0.3 is 9.88 Å². The van der Waals surface area contributed by atoms with Crippen molar-refractivity contribution in [2.24, 2.45) is 0 Å². The minimum absolute atomic E-state index is 0.161. The number of hydrogen-bond donors (Lipinski definition) is 1. The number of amides is 1. The number of aromatic amines is 1. The number of para-hydroxylation sites is 3. The number of pyridine rings is 1. The van der Waals surface area contributed by atoms with Crippen LogP contribution in [0.25, 0.3) is 33.2 Å². The van der Waals surface area contributed by atoms with Gasteiger partial charge in [0.05, 0.1) is 16.9 Å². The highest BCUT2D eigenvalue weighted by Crippen LogP contribution is 2.31. The van der Waals surface area contributed by atoms with Crippen LogP contribution >= 0.6 is 0 Å². The van der Waals surface area contributed by atoms with E-state index >= 15 is 0 Å². The van der Waals surface area contributed by atoms with E-state index in [4.69, 9.17) is 4.98 Å². The molecule has 0 atom stereocenters. The van der Waals surface area contributed by atoms with Crippen LogP contribution in [0.3, 0.4) is 0 Å². The molecule has 1 amide bonds. The SMILES string of the molecule is CCN(C(=O)CCCc1c(-c2ccc3ccccc3n2)[nH]c2ccccc12)c1ccccc1. The number of rotatable bonds is 7. The van der Waals surface area contributed by atoms with E-state index in [9.17, 15) is 4.79 Å². The monoisotopic (exact) mass is 433 g/mol. The average molecular weight is 434 g/mol. The van der Waals surface area contributed by atoms with Gasteiger partial charge in [-0.3, -0.25) is 4.79 Å². The molecule has 3 aromatic carbocycles. The molecule has 33 heavy (non-hydrogen) atoms. The summed E-state index contributed by atoms with van der Waals surface area (Å²) in [6.45, 7) is 2.69. The molecule has 0 unspecified atom stereocenters. The Morgan fingerprint density at radius 2 is 1.64 bits per heavy atom. The van der Waals surface area contributed by atoms with E-state index < -0.39 is 0 Å². The zero-order valence-electron chi connectivity index (χ0n) is 18.8. The van der Waals surface area contributed by atoms with Crippen LogP contribution in [-0.2, 0) is 11.2 Å². The first-order valence-corrected chi connectivity index (χ1v) is 11.6. The number of nitrogens with one attached hydrogen (secondary N) is 1. The van der Waals surface area contributed by atoms with Crippen molar-refractivity contribution in [1.29, 1.82) is 0 Å². The summed E-state index contributed by atoms with van der Waals surface area (Å²) in [5.41, 5.74) is 6.25. The Bertz CT molecular complexity index is 1400. The minimum atomic E-state index is 0.161. The Kier molecular flexibility index (Phi) is 5.90. The summed E-state index contributed by atoms with van der Waals surface area (Å²) in [7, 11) is 0. The average Bonchev–Trinajstić information content (AvgIpc) is 3.23. The number of hydrogen-bond acceptors (Lipinski definition) is 2. The highest BCUT2D eigenvalue weighted by atomic mass is 16.2. The van der Waals surface area contributed by atoms with E-state index in [1.165, 1.54) is 10.9 Å². The molecule has 0 aliphatic heterocycles. The van der Waals surface area contributed by atoms with Gasteiger partial charge in [0.2, 0.25) is 5.91 Å². The Labute approximate surface area is 193 Å². The number of aryl methyl sites for hydroxylation is 1. The molecule has 0 saturated heterocycles. The van der Waals surface area contributed by atoms with E-state index in [0.717, 1.165) is 46.3 Å². The molecular weight excluding hydrogens is 406 g/mol. The van der Waals surface area contributed by atoms with Crippen molar-refractivity contribution >= 4 is 33.4 Å². The highest BCUT2D eigenvalue weighted by Gasteiger charge is 2.17. The summed E-state index contributed by atoms with van der Waals surface area (Å²) in [6.07, 6.45) is 2.10. The first kappa shape index (κ1) is 21.0. The summed E-state index contributed by atoms with van der Waals surface area (Å²) >= 11 is 0. The molecule has 4 heteroatoms. The molecule has 2 aromatic heterocycles. The van der Waals surface area contributed by atoms with E-state index in [0.29, 0.717) is 13.0 Å². The number of anilines is 1. The third-order valence-corrected chi connectivity index (χ3v) is 6.17. The second-order valence-corrected chi connectivity index (χ2v) is 8.24. The molecule has 0 aliphatic carbocycles. The number of benzene rings is 3. The lowest BCUT2D eigenvalue weighted by molar-refractivity contribution is -0.118. The van der Waals surface area contributed by atoms with Crippen molar-refractivity contribution in [3.63, 3.8) is 0 Å². The van der Waals surface area contributed by atoms with Crippen LogP contribution in [0.15, 0.2) is 91.0 Å². The predicted molar refractivity (Wildman–Crippen MR) is 136 cm³/mol. The lowest BCUT2D eigenvalue weighted by Crippen LogP contribution is -2.30. The number of aromatic nitrogens is 2. The van der Waals surface area contributed by atoms with Gasteiger partial charge in [0.25, 0.3) is 0 Å². The molecule has 4 nitrogen and oxygen atoms in total. The smallest absolute Gasteiger partial charge is 0.226 e.